The zero-order chi connectivity index (χ0) is 15.2. The molecule has 2 aromatic rings. The molecule has 1 aromatic carbocycles. The maximum Gasteiger partial charge on any atom is 0.161 e. The smallest absolute Gasteiger partial charge is 0.161 e. The van der Waals surface area contributed by atoms with E-state index < -0.39 is 0 Å². The highest BCUT2D eigenvalue weighted by molar-refractivity contribution is 5.94. The predicted molar refractivity (Wildman–Crippen MR) is 76.3 cm³/mol. The Hall–Kier alpha value is -2.87. The van der Waals surface area contributed by atoms with Crippen LogP contribution in [0.15, 0.2) is 36.5 Å². The first-order chi connectivity index (χ1) is 10.2. The van der Waals surface area contributed by atoms with Crippen molar-refractivity contribution in [3.05, 3.63) is 53.3 Å². The minimum atomic E-state index is -0.0427. The molecule has 0 amide bonds. The number of pyridine rings is 1. The van der Waals surface area contributed by atoms with Crippen LogP contribution in [0.2, 0.25) is 0 Å². The molecule has 0 fully saturated rings. The van der Waals surface area contributed by atoms with E-state index in [0.717, 1.165) is 0 Å². The third-order valence-corrected chi connectivity index (χ3v) is 2.95. The molecule has 21 heavy (non-hydrogen) atoms. The summed E-state index contributed by atoms with van der Waals surface area (Å²) in [5.41, 5.74) is 1.58. The molecular formula is C16H14N2O3. The molecule has 0 aliphatic carbocycles. The van der Waals surface area contributed by atoms with Crippen molar-refractivity contribution in [3.63, 3.8) is 0 Å². The van der Waals surface area contributed by atoms with Gasteiger partial charge >= 0.3 is 0 Å². The third kappa shape index (κ3) is 3.37. The maximum atomic E-state index is 11.3. The predicted octanol–water partition coefficient (Wildman–Crippen LogP) is 2.74. The standard InChI is InChI=1S/C16H14N2O3/c1-11(19)12-5-6-15(16(8-12)20-2)21-10-13-4-3-7-18-14(13)9-17/h3-8H,10H2,1-2H3. The molecule has 1 heterocycles. The zero-order valence-electron chi connectivity index (χ0n) is 11.8. The van der Waals surface area contributed by atoms with Crippen molar-refractivity contribution in [3.8, 4) is 17.6 Å². The van der Waals surface area contributed by atoms with Crippen LogP contribution in [0.5, 0.6) is 11.5 Å². The van der Waals surface area contributed by atoms with E-state index in [-0.39, 0.29) is 12.4 Å². The molecule has 0 bridgehead atoms. The SMILES string of the molecule is COc1cc(C(C)=O)ccc1OCc1cccnc1C#N. The van der Waals surface area contributed by atoms with Crippen LogP contribution in [-0.4, -0.2) is 17.9 Å². The van der Waals surface area contributed by atoms with Crippen LogP contribution in [0.4, 0.5) is 0 Å². The van der Waals surface area contributed by atoms with Crippen molar-refractivity contribution in [2.45, 2.75) is 13.5 Å². The van der Waals surface area contributed by atoms with Crippen molar-refractivity contribution in [1.29, 1.82) is 5.26 Å². The fourth-order valence-electron chi connectivity index (χ4n) is 1.82. The fourth-order valence-corrected chi connectivity index (χ4v) is 1.82. The van der Waals surface area contributed by atoms with E-state index in [1.54, 1.807) is 36.5 Å². The van der Waals surface area contributed by atoms with Gasteiger partial charge in [0.25, 0.3) is 0 Å². The van der Waals surface area contributed by atoms with Gasteiger partial charge in [0.1, 0.15) is 18.4 Å². The molecule has 0 aliphatic rings. The zero-order valence-corrected chi connectivity index (χ0v) is 11.8. The largest absolute Gasteiger partial charge is 0.493 e. The van der Waals surface area contributed by atoms with Crippen molar-refractivity contribution in [2.75, 3.05) is 7.11 Å². The lowest BCUT2D eigenvalue weighted by Gasteiger charge is -2.12. The average Bonchev–Trinajstić information content (AvgIpc) is 2.52. The van der Waals surface area contributed by atoms with Crippen LogP contribution >= 0.6 is 0 Å². The Morgan fingerprint density at radius 1 is 1.33 bits per heavy atom. The summed E-state index contributed by atoms with van der Waals surface area (Å²) in [5.74, 6) is 0.944. The second-order valence-electron chi connectivity index (χ2n) is 4.33. The van der Waals surface area contributed by atoms with E-state index >= 15 is 0 Å². The summed E-state index contributed by atoms with van der Waals surface area (Å²) < 4.78 is 10.9. The number of carbonyl (C=O) groups excluding carboxylic acids is 1. The molecule has 0 radical (unpaired) electrons. The average molecular weight is 282 g/mol. The van der Waals surface area contributed by atoms with Crippen molar-refractivity contribution in [2.24, 2.45) is 0 Å². The molecule has 0 saturated carbocycles. The van der Waals surface area contributed by atoms with E-state index in [0.29, 0.717) is 28.3 Å². The second kappa shape index (κ2) is 6.53. The number of hydrogen-bond acceptors (Lipinski definition) is 5. The lowest BCUT2D eigenvalue weighted by atomic mass is 10.1. The van der Waals surface area contributed by atoms with Crippen LogP contribution in [-0.2, 0) is 6.61 Å². The Morgan fingerprint density at radius 2 is 2.14 bits per heavy atom. The number of benzene rings is 1. The van der Waals surface area contributed by atoms with Gasteiger partial charge < -0.3 is 9.47 Å². The lowest BCUT2D eigenvalue weighted by molar-refractivity contribution is 0.101. The highest BCUT2D eigenvalue weighted by atomic mass is 16.5. The van der Waals surface area contributed by atoms with Gasteiger partial charge in [-0.05, 0) is 31.2 Å². The molecule has 5 heteroatoms. The molecule has 0 N–H and O–H groups in total. The summed E-state index contributed by atoms with van der Waals surface area (Å²) in [7, 11) is 1.51. The number of rotatable bonds is 5. The number of ketones is 1. The summed E-state index contributed by atoms with van der Waals surface area (Å²) in [5, 5.41) is 8.98. The summed E-state index contributed by atoms with van der Waals surface area (Å²) in [4.78, 5) is 15.3. The summed E-state index contributed by atoms with van der Waals surface area (Å²) in [6.45, 7) is 1.69. The molecule has 0 spiro atoms. The number of methoxy groups -OCH3 is 1. The van der Waals surface area contributed by atoms with Crippen LogP contribution < -0.4 is 9.47 Å². The molecule has 1 aromatic heterocycles. The van der Waals surface area contributed by atoms with E-state index in [4.69, 9.17) is 14.7 Å². The van der Waals surface area contributed by atoms with Gasteiger partial charge in [-0.2, -0.15) is 5.26 Å². The van der Waals surface area contributed by atoms with Gasteiger partial charge in [0.05, 0.1) is 7.11 Å². The normalized spacial score (nSPS) is 9.76. The number of nitriles is 1. The molecule has 106 valence electrons. The quantitative estimate of drug-likeness (QED) is 0.788. The molecule has 0 unspecified atom stereocenters. The van der Waals surface area contributed by atoms with Crippen LogP contribution in [0.25, 0.3) is 0 Å². The topological polar surface area (TPSA) is 72.2 Å². The third-order valence-electron chi connectivity index (χ3n) is 2.95. The van der Waals surface area contributed by atoms with Gasteiger partial charge in [0, 0.05) is 17.3 Å². The molecular weight excluding hydrogens is 268 g/mol. The second-order valence-corrected chi connectivity index (χ2v) is 4.33. The minimum absolute atomic E-state index is 0.0427. The van der Waals surface area contributed by atoms with Crippen molar-refractivity contribution >= 4 is 5.78 Å². The fraction of sp³-hybridized carbons (Fsp3) is 0.188. The summed E-state index contributed by atoms with van der Waals surface area (Å²) in [6, 6.07) is 10.5. The Bertz CT molecular complexity index is 705. The summed E-state index contributed by atoms with van der Waals surface area (Å²) >= 11 is 0. The number of hydrogen-bond donors (Lipinski definition) is 0. The monoisotopic (exact) mass is 282 g/mol. The maximum absolute atomic E-state index is 11.3. The molecule has 0 atom stereocenters. The van der Waals surface area contributed by atoms with E-state index in [1.807, 2.05) is 6.07 Å². The molecule has 0 saturated heterocycles. The van der Waals surface area contributed by atoms with Gasteiger partial charge in [-0.25, -0.2) is 4.98 Å². The van der Waals surface area contributed by atoms with Gasteiger partial charge in [0.15, 0.2) is 17.3 Å². The number of ether oxygens (including phenoxy) is 2. The Morgan fingerprint density at radius 3 is 2.81 bits per heavy atom. The van der Waals surface area contributed by atoms with Gasteiger partial charge in [-0.1, -0.05) is 6.07 Å². The van der Waals surface area contributed by atoms with Crippen molar-refractivity contribution in [1.82, 2.24) is 4.98 Å². The van der Waals surface area contributed by atoms with Crippen LogP contribution in [0.3, 0.4) is 0 Å². The number of Topliss-reactive ketones (excluding diaryl/α,β-unsaturated/α-hetero) is 1. The number of nitrogens with zero attached hydrogens (tertiary/aromatic N) is 2. The molecule has 0 aliphatic heterocycles. The van der Waals surface area contributed by atoms with Crippen LogP contribution in [0, 0.1) is 11.3 Å². The first-order valence-electron chi connectivity index (χ1n) is 6.31. The van der Waals surface area contributed by atoms with Crippen LogP contribution in [0.1, 0.15) is 28.5 Å². The Kier molecular flexibility index (Phi) is 4.52. The molecule has 5 nitrogen and oxygen atoms in total. The Balaban J connectivity index is 2.20. The minimum Gasteiger partial charge on any atom is -0.493 e. The van der Waals surface area contributed by atoms with Gasteiger partial charge in [0.2, 0.25) is 0 Å². The number of carbonyl (C=O) groups is 1. The highest BCUT2D eigenvalue weighted by Crippen LogP contribution is 2.29. The Labute approximate surface area is 122 Å². The first-order valence-corrected chi connectivity index (χ1v) is 6.31. The number of aromatic nitrogens is 1. The highest BCUT2D eigenvalue weighted by Gasteiger charge is 2.10. The van der Waals surface area contributed by atoms with Gasteiger partial charge in [-0.15, -0.1) is 0 Å². The van der Waals surface area contributed by atoms with E-state index in [2.05, 4.69) is 4.98 Å². The van der Waals surface area contributed by atoms with E-state index in [9.17, 15) is 4.79 Å². The van der Waals surface area contributed by atoms with Gasteiger partial charge in [-0.3, -0.25) is 4.79 Å². The van der Waals surface area contributed by atoms with E-state index in [1.165, 1.54) is 14.0 Å². The molecule has 2 rings (SSSR count). The lowest BCUT2D eigenvalue weighted by Crippen LogP contribution is -2.02. The van der Waals surface area contributed by atoms with Crippen molar-refractivity contribution < 1.29 is 14.3 Å². The summed E-state index contributed by atoms with van der Waals surface area (Å²) in [6.07, 6.45) is 1.56. The first kappa shape index (κ1) is 14.5.